The summed E-state index contributed by atoms with van der Waals surface area (Å²) in [5.41, 5.74) is 2.02. The predicted molar refractivity (Wildman–Crippen MR) is 79.8 cm³/mol. The van der Waals surface area contributed by atoms with E-state index in [0.29, 0.717) is 0 Å². The van der Waals surface area contributed by atoms with Crippen LogP contribution in [0.2, 0.25) is 0 Å². The third-order valence-electron chi connectivity index (χ3n) is 4.07. The van der Waals surface area contributed by atoms with Crippen LogP contribution in [0.4, 0.5) is 0 Å². The topological polar surface area (TPSA) is 20.3 Å². The van der Waals surface area contributed by atoms with Gasteiger partial charge in [0.15, 0.2) is 0 Å². The second-order valence-electron chi connectivity index (χ2n) is 5.33. The molecule has 2 atom stereocenters. The van der Waals surface area contributed by atoms with Crippen LogP contribution in [0.25, 0.3) is 0 Å². The van der Waals surface area contributed by atoms with Crippen LogP contribution in [0.5, 0.6) is 0 Å². The van der Waals surface area contributed by atoms with Gasteiger partial charge in [0.2, 0.25) is 0 Å². The predicted octanol–water partition coefficient (Wildman–Crippen LogP) is 3.87. The maximum atomic E-state index is 12.5. The lowest BCUT2D eigenvalue weighted by Gasteiger charge is -2.35. The van der Waals surface area contributed by atoms with Gasteiger partial charge in [-0.25, -0.2) is 0 Å². The van der Waals surface area contributed by atoms with E-state index in [1.165, 1.54) is 18.4 Å². The van der Waals surface area contributed by atoms with Crippen molar-refractivity contribution in [1.82, 2.24) is 4.90 Å². The number of carbonyl (C=O) groups is 1. The summed E-state index contributed by atoms with van der Waals surface area (Å²) in [6.45, 7) is 2.11. The van der Waals surface area contributed by atoms with Gasteiger partial charge in [0.05, 0.1) is 5.38 Å². The number of benzene rings is 1. The first kappa shape index (κ1) is 14.4. The molecule has 1 amide bonds. The number of alkyl halides is 1. The van der Waals surface area contributed by atoms with Crippen molar-refractivity contribution >= 4 is 17.5 Å². The van der Waals surface area contributed by atoms with Gasteiger partial charge in [-0.3, -0.25) is 4.79 Å². The maximum absolute atomic E-state index is 12.5. The molecule has 0 saturated heterocycles. The highest BCUT2D eigenvalue weighted by Gasteiger charge is 2.29. The number of nitrogens with zero attached hydrogens (tertiary/aromatic N) is 1. The Labute approximate surface area is 120 Å². The Kier molecular flexibility index (Phi) is 4.87. The van der Waals surface area contributed by atoms with Gasteiger partial charge in [0, 0.05) is 18.7 Å². The summed E-state index contributed by atoms with van der Waals surface area (Å²) >= 11 is 6.36. The van der Waals surface area contributed by atoms with Crippen molar-refractivity contribution in [2.45, 2.75) is 50.4 Å². The number of aryl methyl sites for hydroxylation is 1. The molecule has 0 aliphatic heterocycles. The van der Waals surface area contributed by atoms with Crippen molar-refractivity contribution in [2.75, 3.05) is 7.05 Å². The van der Waals surface area contributed by atoms with Crippen LogP contribution in [-0.4, -0.2) is 29.3 Å². The van der Waals surface area contributed by atoms with Crippen molar-refractivity contribution in [2.24, 2.45) is 0 Å². The minimum Gasteiger partial charge on any atom is -0.337 e. The summed E-state index contributed by atoms with van der Waals surface area (Å²) < 4.78 is 0. The van der Waals surface area contributed by atoms with Gasteiger partial charge in [-0.1, -0.05) is 31.9 Å². The molecular formula is C16H22ClNO. The molecule has 0 spiro atoms. The minimum absolute atomic E-state index is 0.0835. The minimum atomic E-state index is 0.0835. The highest BCUT2D eigenvalue weighted by atomic mass is 35.5. The Morgan fingerprint density at radius 2 is 1.89 bits per heavy atom. The number of hydrogen-bond donors (Lipinski definition) is 0. The van der Waals surface area contributed by atoms with E-state index in [0.717, 1.165) is 24.8 Å². The normalized spacial score (nSPS) is 23.1. The maximum Gasteiger partial charge on any atom is 0.253 e. The molecule has 1 saturated carbocycles. The molecule has 0 N–H and O–H groups in total. The van der Waals surface area contributed by atoms with Crippen LogP contribution >= 0.6 is 11.6 Å². The average molecular weight is 280 g/mol. The lowest BCUT2D eigenvalue weighted by atomic mass is 9.93. The van der Waals surface area contributed by atoms with Crippen LogP contribution in [0.15, 0.2) is 24.3 Å². The van der Waals surface area contributed by atoms with E-state index in [1.54, 1.807) is 0 Å². The number of halogens is 1. The van der Waals surface area contributed by atoms with Crippen LogP contribution in [0.3, 0.4) is 0 Å². The van der Waals surface area contributed by atoms with E-state index in [9.17, 15) is 4.79 Å². The first-order valence-corrected chi connectivity index (χ1v) is 7.57. The van der Waals surface area contributed by atoms with Gasteiger partial charge in [-0.2, -0.15) is 0 Å². The Bertz CT molecular complexity index is 429. The number of rotatable bonds is 3. The smallest absolute Gasteiger partial charge is 0.253 e. The molecule has 19 heavy (non-hydrogen) atoms. The molecule has 2 unspecified atom stereocenters. The van der Waals surface area contributed by atoms with Gasteiger partial charge < -0.3 is 4.90 Å². The molecule has 3 heteroatoms. The summed E-state index contributed by atoms with van der Waals surface area (Å²) in [6, 6.07) is 8.07. The molecule has 0 bridgehead atoms. The standard InChI is InChI=1S/C16H22ClNO/c1-3-12-8-10-13(11-9-12)16(19)18(2)15-7-5-4-6-14(15)17/h8-11,14-15H,3-7H2,1-2H3. The fourth-order valence-electron chi connectivity index (χ4n) is 2.74. The molecule has 1 aliphatic carbocycles. The van der Waals surface area contributed by atoms with Crippen molar-refractivity contribution in [3.8, 4) is 0 Å². The molecule has 0 heterocycles. The van der Waals surface area contributed by atoms with E-state index >= 15 is 0 Å². The van der Waals surface area contributed by atoms with Gasteiger partial charge in [-0.15, -0.1) is 11.6 Å². The molecule has 1 fully saturated rings. The van der Waals surface area contributed by atoms with Crippen LogP contribution < -0.4 is 0 Å². The van der Waals surface area contributed by atoms with Gasteiger partial charge in [-0.05, 0) is 37.0 Å². The van der Waals surface area contributed by atoms with Crippen molar-refractivity contribution < 1.29 is 4.79 Å². The molecule has 1 aliphatic rings. The van der Waals surface area contributed by atoms with E-state index < -0.39 is 0 Å². The van der Waals surface area contributed by atoms with Crippen LogP contribution in [0.1, 0.15) is 48.5 Å². The lowest BCUT2D eigenvalue weighted by Crippen LogP contribution is -2.44. The summed E-state index contributed by atoms with van der Waals surface area (Å²) in [6.07, 6.45) is 5.37. The largest absolute Gasteiger partial charge is 0.337 e. The molecule has 2 nitrogen and oxygen atoms in total. The molecule has 2 rings (SSSR count). The Morgan fingerprint density at radius 1 is 1.26 bits per heavy atom. The van der Waals surface area contributed by atoms with E-state index in [2.05, 4.69) is 6.92 Å². The van der Waals surface area contributed by atoms with Crippen molar-refractivity contribution in [1.29, 1.82) is 0 Å². The summed E-state index contributed by atoms with van der Waals surface area (Å²) in [4.78, 5) is 14.3. The third kappa shape index (κ3) is 3.30. The third-order valence-corrected chi connectivity index (χ3v) is 4.58. The second kappa shape index (κ2) is 6.42. The fraction of sp³-hybridized carbons (Fsp3) is 0.562. The lowest BCUT2D eigenvalue weighted by molar-refractivity contribution is 0.0700. The quantitative estimate of drug-likeness (QED) is 0.769. The summed E-state index contributed by atoms with van der Waals surface area (Å²) in [5, 5.41) is 0.0950. The van der Waals surface area contributed by atoms with Gasteiger partial charge >= 0.3 is 0 Å². The van der Waals surface area contributed by atoms with Crippen molar-refractivity contribution in [3.63, 3.8) is 0 Å². The Morgan fingerprint density at radius 3 is 2.47 bits per heavy atom. The zero-order valence-electron chi connectivity index (χ0n) is 11.7. The molecule has 0 aromatic heterocycles. The monoisotopic (exact) mass is 279 g/mol. The highest BCUT2D eigenvalue weighted by molar-refractivity contribution is 6.21. The van der Waals surface area contributed by atoms with Crippen molar-refractivity contribution in [3.05, 3.63) is 35.4 Å². The second-order valence-corrected chi connectivity index (χ2v) is 5.89. The highest BCUT2D eigenvalue weighted by Crippen LogP contribution is 2.27. The van der Waals surface area contributed by atoms with E-state index in [4.69, 9.17) is 11.6 Å². The molecule has 1 aromatic rings. The fourth-order valence-corrected chi connectivity index (χ4v) is 3.19. The van der Waals surface area contributed by atoms with E-state index in [1.807, 2.05) is 36.2 Å². The van der Waals surface area contributed by atoms with Crippen LogP contribution in [-0.2, 0) is 6.42 Å². The van der Waals surface area contributed by atoms with Gasteiger partial charge in [0.25, 0.3) is 5.91 Å². The Balaban J connectivity index is 2.08. The summed E-state index contributed by atoms with van der Waals surface area (Å²) in [5.74, 6) is 0.0835. The number of carbonyl (C=O) groups excluding carboxylic acids is 1. The number of amides is 1. The average Bonchev–Trinajstić information content (AvgIpc) is 2.46. The Hall–Kier alpha value is -1.02. The van der Waals surface area contributed by atoms with Crippen LogP contribution in [0, 0.1) is 0 Å². The summed E-state index contributed by atoms with van der Waals surface area (Å²) in [7, 11) is 1.88. The van der Waals surface area contributed by atoms with Gasteiger partial charge in [0.1, 0.15) is 0 Å². The SMILES string of the molecule is CCc1ccc(C(=O)N(C)C2CCCCC2Cl)cc1. The zero-order chi connectivity index (χ0) is 13.8. The molecule has 104 valence electrons. The first-order chi connectivity index (χ1) is 9.13. The van der Waals surface area contributed by atoms with E-state index in [-0.39, 0.29) is 17.3 Å². The first-order valence-electron chi connectivity index (χ1n) is 7.13. The molecule has 1 aromatic carbocycles. The molecular weight excluding hydrogens is 258 g/mol. The molecule has 0 radical (unpaired) electrons. The zero-order valence-corrected chi connectivity index (χ0v) is 12.5. The number of hydrogen-bond acceptors (Lipinski definition) is 1.